The second-order valence-electron chi connectivity index (χ2n) is 5.32. The Morgan fingerprint density at radius 1 is 1.29 bits per heavy atom. The summed E-state index contributed by atoms with van der Waals surface area (Å²) in [5.41, 5.74) is 0. The lowest BCUT2D eigenvalue weighted by atomic mass is 9.86. The maximum atomic E-state index is 11.2. The minimum atomic E-state index is -0.210. The molecular weight excluding hydrogens is 212 g/mol. The molecule has 0 aliphatic heterocycles. The van der Waals surface area contributed by atoms with Crippen molar-refractivity contribution in [3.63, 3.8) is 0 Å². The van der Waals surface area contributed by atoms with Gasteiger partial charge >= 0.3 is 5.97 Å². The van der Waals surface area contributed by atoms with Gasteiger partial charge in [-0.3, -0.25) is 0 Å². The van der Waals surface area contributed by atoms with Crippen LogP contribution in [0.5, 0.6) is 0 Å². The van der Waals surface area contributed by atoms with E-state index in [1.54, 1.807) is 6.08 Å². The quantitative estimate of drug-likeness (QED) is 0.393. The van der Waals surface area contributed by atoms with Crippen LogP contribution in [0.15, 0.2) is 12.2 Å². The van der Waals surface area contributed by atoms with E-state index in [1.807, 2.05) is 19.9 Å². The molecule has 0 aromatic carbocycles. The fourth-order valence-corrected chi connectivity index (χ4v) is 2.45. The third kappa shape index (κ3) is 7.19. The molecule has 0 radical (unpaired) electrons. The summed E-state index contributed by atoms with van der Waals surface area (Å²) >= 11 is 0. The summed E-state index contributed by atoms with van der Waals surface area (Å²) in [6.45, 7) is 3.74. The van der Waals surface area contributed by atoms with Crippen LogP contribution in [-0.2, 0) is 9.53 Å². The monoisotopic (exact) mass is 238 g/mol. The number of hydrogen-bond acceptors (Lipinski definition) is 2. The summed E-state index contributed by atoms with van der Waals surface area (Å²) in [5, 5.41) is 0. The summed E-state index contributed by atoms with van der Waals surface area (Å²) in [6.07, 6.45) is 14.1. The number of unbranched alkanes of at least 4 members (excludes halogenated alkanes) is 1. The molecule has 1 fully saturated rings. The van der Waals surface area contributed by atoms with Crippen LogP contribution < -0.4 is 0 Å². The van der Waals surface area contributed by atoms with Crippen LogP contribution in [0.1, 0.15) is 65.2 Å². The molecule has 0 bridgehead atoms. The van der Waals surface area contributed by atoms with E-state index in [-0.39, 0.29) is 12.1 Å². The van der Waals surface area contributed by atoms with E-state index in [1.165, 1.54) is 44.9 Å². The third-order valence-electron chi connectivity index (χ3n) is 3.31. The van der Waals surface area contributed by atoms with Gasteiger partial charge in [0.15, 0.2) is 0 Å². The lowest BCUT2D eigenvalue weighted by Crippen LogP contribution is -2.08. The molecule has 0 aromatic heterocycles. The molecule has 0 spiro atoms. The predicted molar refractivity (Wildman–Crippen MR) is 70.8 cm³/mol. The van der Waals surface area contributed by atoms with Crippen LogP contribution in [0.3, 0.4) is 0 Å². The Morgan fingerprint density at radius 2 is 2.00 bits per heavy atom. The van der Waals surface area contributed by atoms with E-state index in [0.717, 1.165) is 12.3 Å². The Balaban J connectivity index is 2.02. The molecule has 1 aliphatic carbocycles. The molecule has 17 heavy (non-hydrogen) atoms. The van der Waals surface area contributed by atoms with Crippen molar-refractivity contribution in [3.8, 4) is 0 Å². The minimum absolute atomic E-state index is 0.0191. The van der Waals surface area contributed by atoms with Gasteiger partial charge in [-0.25, -0.2) is 4.79 Å². The first-order chi connectivity index (χ1) is 8.18. The highest BCUT2D eigenvalue weighted by molar-refractivity contribution is 5.81. The Bertz CT molecular complexity index is 237. The maximum absolute atomic E-state index is 11.2. The summed E-state index contributed by atoms with van der Waals surface area (Å²) in [5.74, 6) is 0.734. The number of carbonyl (C=O) groups is 1. The topological polar surface area (TPSA) is 26.3 Å². The second kappa shape index (κ2) is 8.32. The molecule has 1 saturated carbocycles. The molecule has 2 nitrogen and oxygen atoms in total. The van der Waals surface area contributed by atoms with Gasteiger partial charge in [-0.1, -0.05) is 44.6 Å². The minimum Gasteiger partial charge on any atom is -0.460 e. The van der Waals surface area contributed by atoms with Gasteiger partial charge in [-0.15, -0.1) is 0 Å². The molecule has 0 saturated heterocycles. The van der Waals surface area contributed by atoms with Crippen molar-refractivity contribution in [1.29, 1.82) is 0 Å². The van der Waals surface area contributed by atoms with Crippen LogP contribution in [0.25, 0.3) is 0 Å². The molecule has 0 heterocycles. The second-order valence-corrected chi connectivity index (χ2v) is 5.32. The predicted octanol–water partition coefficient (Wildman–Crippen LogP) is 4.24. The van der Waals surface area contributed by atoms with Crippen molar-refractivity contribution in [1.82, 2.24) is 0 Å². The highest BCUT2D eigenvalue weighted by Gasteiger charge is 2.12. The first-order valence-corrected chi connectivity index (χ1v) is 7.05. The Hall–Kier alpha value is -0.790. The van der Waals surface area contributed by atoms with Gasteiger partial charge in [-0.2, -0.15) is 0 Å². The molecule has 0 N–H and O–H groups in total. The van der Waals surface area contributed by atoms with Gasteiger partial charge < -0.3 is 4.74 Å². The Kier molecular flexibility index (Phi) is 6.99. The van der Waals surface area contributed by atoms with Crippen LogP contribution >= 0.6 is 0 Å². The molecule has 1 aliphatic rings. The van der Waals surface area contributed by atoms with E-state index in [2.05, 4.69) is 0 Å². The Morgan fingerprint density at radius 3 is 2.65 bits per heavy atom. The average molecular weight is 238 g/mol. The number of esters is 1. The Labute approximate surface area is 105 Å². The number of allylic oxidation sites excluding steroid dienone is 1. The maximum Gasteiger partial charge on any atom is 0.330 e. The number of hydrogen-bond donors (Lipinski definition) is 0. The van der Waals surface area contributed by atoms with Crippen molar-refractivity contribution in [2.45, 2.75) is 71.3 Å². The molecule has 98 valence electrons. The smallest absolute Gasteiger partial charge is 0.330 e. The first-order valence-electron chi connectivity index (χ1n) is 7.05. The molecule has 1 rings (SSSR count). The van der Waals surface area contributed by atoms with Crippen molar-refractivity contribution >= 4 is 5.97 Å². The first kappa shape index (κ1) is 14.3. The van der Waals surface area contributed by atoms with Gasteiger partial charge in [0.1, 0.15) is 0 Å². The SMILES string of the molecule is CC(C)OC(=O)/C=C\CCCC1CCCCC1. The van der Waals surface area contributed by atoms with E-state index in [0.29, 0.717) is 0 Å². The number of carbonyl (C=O) groups excluding carboxylic acids is 1. The van der Waals surface area contributed by atoms with Crippen LogP contribution in [0, 0.1) is 5.92 Å². The van der Waals surface area contributed by atoms with Crippen LogP contribution in [-0.4, -0.2) is 12.1 Å². The highest BCUT2D eigenvalue weighted by atomic mass is 16.5. The van der Waals surface area contributed by atoms with Crippen LogP contribution in [0.2, 0.25) is 0 Å². The van der Waals surface area contributed by atoms with Crippen molar-refractivity contribution < 1.29 is 9.53 Å². The zero-order valence-corrected chi connectivity index (χ0v) is 11.3. The standard InChI is InChI=1S/C15H26O2/c1-13(2)17-15(16)12-8-4-7-11-14-9-5-3-6-10-14/h8,12-14H,3-7,9-11H2,1-2H3/b12-8-. The van der Waals surface area contributed by atoms with E-state index in [4.69, 9.17) is 4.74 Å². The molecule has 0 atom stereocenters. The van der Waals surface area contributed by atoms with Crippen LogP contribution in [0.4, 0.5) is 0 Å². The fourth-order valence-electron chi connectivity index (χ4n) is 2.45. The van der Waals surface area contributed by atoms with Crippen molar-refractivity contribution in [2.75, 3.05) is 0 Å². The lowest BCUT2D eigenvalue weighted by Gasteiger charge is -2.20. The van der Waals surface area contributed by atoms with Gasteiger partial charge in [0.25, 0.3) is 0 Å². The molecular formula is C15H26O2. The summed E-state index contributed by atoms with van der Waals surface area (Å²) in [7, 11) is 0. The van der Waals surface area contributed by atoms with E-state index in [9.17, 15) is 4.79 Å². The van der Waals surface area contributed by atoms with Gasteiger partial charge in [-0.05, 0) is 32.6 Å². The molecule has 0 unspecified atom stereocenters. The van der Waals surface area contributed by atoms with Gasteiger partial charge in [0.05, 0.1) is 6.10 Å². The molecule has 0 aromatic rings. The third-order valence-corrected chi connectivity index (χ3v) is 3.31. The van der Waals surface area contributed by atoms with Gasteiger partial charge in [0, 0.05) is 6.08 Å². The highest BCUT2D eigenvalue weighted by Crippen LogP contribution is 2.27. The van der Waals surface area contributed by atoms with Gasteiger partial charge in [0.2, 0.25) is 0 Å². The van der Waals surface area contributed by atoms with E-state index < -0.39 is 0 Å². The normalized spacial score (nSPS) is 17.8. The lowest BCUT2D eigenvalue weighted by molar-refractivity contribution is -0.141. The number of ether oxygens (including phenoxy) is 1. The molecule has 2 heteroatoms. The summed E-state index contributed by atoms with van der Waals surface area (Å²) < 4.78 is 5.02. The zero-order chi connectivity index (χ0) is 12.5. The summed E-state index contributed by atoms with van der Waals surface area (Å²) in [6, 6.07) is 0. The van der Waals surface area contributed by atoms with Crippen molar-refractivity contribution in [3.05, 3.63) is 12.2 Å². The largest absolute Gasteiger partial charge is 0.460 e. The average Bonchev–Trinajstić information content (AvgIpc) is 2.29. The molecule has 0 amide bonds. The zero-order valence-electron chi connectivity index (χ0n) is 11.3. The fraction of sp³-hybridized carbons (Fsp3) is 0.800. The van der Waals surface area contributed by atoms with Crippen molar-refractivity contribution in [2.24, 2.45) is 5.92 Å². The number of rotatable bonds is 6. The van der Waals surface area contributed by atoms with E-state index >= 15 is 0 Å². The summed E-state index contributed by atoms with van der Waals surface area (Å²) in [4.78, 5) is 11.2.